The summed E-state index contributed by atoms with van der Waals surface area (Å²) in [6.07, 6.45) is 3.24. The monoisotopic (exact) mass is 432 g/mol. The number of methoxy groups -OCH3 is 2. The highest BCUT2D eigenvalue weighted by molar-refractivity contribution is 5.75. The Morgan fingerprint density at radius 2 is 2.00 bits per heavy atom. The van der Waals surface area contributed by atoms with Crippen molar-refractivity contribution in [2.75, 3.05) is 27.3 Å². The minimum Gasteiger partial charge on any atom is -0.497 e. The minimum atomic E-state index is -0.809. The molecule has 0 aromatic heterocycles. The zero-order chi connectivity index (χ0) is 22.2. The lowest BCUT2D eigenvalue weighted by Gasteiger charge is -2.32. The molecule has 0 spiro atoms. The summed E-state index contributed by atoms with van der Waals surface area (Å²) in [6, 6.07) is 9.81. The van der Waals surface area contributed by atoms with E-state index in [9.17, 15) is 13.6 Å². The Morgan fingerprint density at radius 3 is 2.77 bits per heavy atom. The Labute approximate surface area is 182 Å². The van der Waals surface area contributed by atoms with Crippen molar-refractivity contribution in [2.24, 2.45) is 5.92 Å². The summed E-state index contributed by atoms with van der Waals surface area (Å²) in [6.45, 7) is 2.43. The Morgan fingerprint density at radius 1 is 1.16 bits per heavy atom. The summed E-state index contributed by atoms with van der Waals surface area (Å²) < 4.78 is 38.0. The summed E-state index contributed by atoms with van der Waals surface area (Å²) in [7, 11) is 3.18. The normalized spacial score (nSPS) is 16.7. The van der Waals surface area contributed by atoms with E-state index >= 15 is 0 Å². The Kier molecular flexibility index (Phi) is 8.23. The summed E-state index contributed by atoms with van der Waals surface area (Å²) >= 11 is 0. The van der Waals surface area contributed by atoms with Crippen LogP contribution in [0.4, 0.5) is 8.78 Å². The van der Waals surface area contributed by atoms with Crippen LogP contribution in [0.2, 0.25) is 0 Å². The van der Waals surface area contributed by atoms with Crippen molar-refractivity contribution in [1.82, 2.24) is 10.2 Å². The van der Waals surface area contributed by atoms with Crippen LogP contribution < -0.4 is 14.8 Å². The second-order valence-corrected chi connectivity index (χ2v) is 7.95. The van der Waals surface area contributed by atoms with Crippen molar-refractivity contribution in [1.29, 1.82) is 0 Å². The van der Waals surface area contributed by atoms with Gasteiger partial charge in [-0.05, 0) is 49.9 Å². The number of piperidine rings is 1. The first kappa shape index (κ1) is 23.0. The number of nitrogens with zero attached hydrogens (tertiary/aromatic N) is 1. The number of carbonyl (C=O) groups excluding carboxylic acids is 1. The molecule has 1 N–H and O–H groups in total. The molecule has 0 bridgehead atoms. The molecule has 2 aromatic rings. The molecule has 1 fully saturated rings. The Hall–Kier alpha value is -2.67. The Balaban J connectivity index is 1.45. The topological polar surface area (TPSA) is 50.8 Å². The zero-order valence-corrected chi connectivity index (χ0v) is 18.1. The molecule has 31 heavy (non-hydrogen) atoms. The predicted molar refractivity (Wildman–Crippen MR) is 115 cm³/mol. The summed E-state index contributed by atoms with van der Waals surface area (Å²) in [5, 5.41) is 2.95. The molecule has 0 saturated carbocycles. The van der Waals surface area contributed by atoms with Crippen LogP contribution in [0, 0.1) is 17.6 Å². The number of hydrogen-bond acceptors (Lipinski definition) is 4. The van der Waals surface area contributed by atoms with E-state index in [1.54, 1.807) is 26.4 Å². The molecule has 1 aliphatic rings. The number of nitrogens with one attached hydrogen (secondary N) is 1. The fraction of sp³-hybridized carbons (Fsp3) is 0.458. The molecule has 0 unspecified atom stereocenters. The molecule has 1 atom stereocenters. The minimum absolute atomic E-state index is 0.00818. The molecule has 0 radical (unpaired) electrons. The number of hydrogen-bond donors (Lipinski definition) is 1. The van der Waals surface area contributed by atoms with Crippen LogP contribution in [0.15, 0.2) is 36.4 Å². The molecule has 1 amide bonds. The first-order chi connectivity index (χ1) is 15.0. The van der Waals surface area contributed by atoms with E-state index in [-0.39, 0.29) is 5.91 Å². The van der Waals surface area contributed by atoms with Gasteiger partial charge < -0.3 is 14.8 Å². The van der Waals surface area contributed by atoms with Crippen LogP contribution in [-0.2, 0) is 17.9 Å². The third-order valence-electron chi connectivity index (χ3n) is 5.78. The molecule has 1 aliphatic heterocycles. The average molecular weight is 433 g/mol. The van der Waals surface area contributed by atoms with Crippen LogP contribution in [0.5, 0.6) is 11.5 Å². The third kappa shape index (κ3) is 6.40. The van der Waals surface area contributed by atoms with Crippen molar-refractivity contribution >= 4 is 5.91 Å². The molecule has 1 saturated heterocycles. The van der Waals surface area contributed by atoms with Gasteiger partial charge in [0.05, 0.1) is 14.2 Å². The fourth-order valence-electron chi connectivity index (χ4n) is 4.06. The van der Waals surface area contributed by atoms with Crippen LogP contribution in [0.1, 0.15) is 36.8 Å². The maximum absolute atomic E-state index is 14.0. The van der Waals surface area contributed by atoms with Crippen molar-refractivity contribution < 1.29 is 23.0 Å². The van der Waals surface area contributed by atoms with Gasteiger partial charge in [-0.3, -0.25) is 9.69 Å². The second kappa shape index (κ2) is 11.1. The summed E-state index contributed by atoms with van der Waals surface area (Å²) in [4.78, 5) is 14.5. The SMILES string of the molecule is COc1ccc(CNC(=O)CC[C@@H]2CCCN(Cc3cccc(F)c3F)C2)c(OC)c1. The molecule has 5 nitrogen and oxygen atoms in total. The lowest BCUT2D eigenvalue weighted by molar-refractivity contribution is -0.121. The van der Waals surface area contributed by atoms with Gasteiger partial charge in [0.2, 0.25) is 5.91 Å². The number of likely N-dealkylation sites (tertiary alicyclic amines) is 1. The maximum atomic E-state index is 14.0. The zero-order valence-electron chi connectivity index (χ0n) is 18.1. The highest BCUT2D eigenvalue weighted by atomic mass is 19.2. The highest BCUT2D eigenvalue weighted by Gasteiger charge is 2.22. The number of amides is 1. The van der Waals surface area contributed by atoms with E-state index in [2.05, 4.69) is 10.2 Å². The van der Waals surface area contributed by atoms with Gasteiger partial charge in [-0.1, -0.05) is 12.1 Å². The molecule has 2 aromatic carbocycles. The van der Waals surface area contributed by atoms with E-state index in [1.807, 2.05) is 12.1 Å². The lowest BCUT2D eigenvalue weighted by atomic mass is 9.93. The van der Waals surface area contributed by atoms with Gasteiger partial charge in [0.15, 0.2) is 11.6 Å². The maximum Gasteiger partial charge on any atom is 0.220 e. The van der Waals surface area contributed by atoms with Crippen LogP contribution in [-0.4, -0.2) is 38.1 Å². The van der Waals surface area contributed by atoms with Crippen molar-refractivity contribution in [3.63, 3.8) is 0 Å². The Bertz CT molecular complexity index is 891. The van der Waals surface area contributed by atoms with Crippen molar-refractivity contribution in [3.05, 3.63) is 59.2 Å². The van der Waals surface area contributed by atoms with Crippen LogP contribution >= 0.6 is 0 Å². The van der Waals surface area contributed by atoms with Crippen molar-refractivity contribution in [3.8, 4) is 11.5 Å². The van der Waals surface area contributed by atoms with Gasteiger partial charge in [0.1, 0.15) is 11.5 Å². The molecular formula is C24H30F2N2O3. The van der Waals surface area contributed by atoms with E-state index in [4.69, 9.17) is 9.47 Å². The number of ether oxygens (including phenoxy) is 2. The van der Waals surface area contributed by atoms with Gasteiger partial charge in [0.25, 0.3) is 0 Å². The first-order valence-electron chi connectivity index (χ1n) is 10.6. The van der Waals surface area contributed by atoms with Crippen LogP contribution in [0.3, 0.4) is 0 Å². The molecular weight excluding hydrogens is 402 g/mol. The largest absolute Gasteiger partial charge is 0.497 e. The summed E-state index contributed by atoms with van der Waals surface area (Å²) in [5.74, 6) is 0.158. The second-order valence-electron chi connectivity index (χ2n) is 7.95. The summed E-state index contributed by atoms with van der Waals surface area (Å²) in [5.41, 5.74) is 1.27. The molecule has 3 rings (SSSR count). The highest BCUT2D eigenvalue weighted by Crippen LogP contribution is 2.25. The lowest BCUT2D eigenvalue weighted by Crippen LogP contribution is -2.35. The first-order valence-corrected chi connectivity index (χ1v) is 10.6. The van der Waals surface area contributed by atoms with E-state index in [0.717, 1.165) is 44.0 Å². The number of benzene rings is 2. The molecule has 0 aliphatic carbocycles. The van der Waals surface area contributed by atoms with Crippen molar-refractivity contribution in [2.45, 2.75) is 38.8 Å². The average Bonchev–Trinajstić information content (AvgIpc) is 2.79. The molecule has 1 heterocycles. The van der Waals surface area contributed by atoms with E-state index in [0.29, 0.717) is 42.5 Å². The fourth-order valence-corrected chi connectivity index (χ4v) is 4.06. The van der Waals surface area contributed by atoms with Gasteiger partial charge >= 0.3 is 0 Å². The third-order valence-corrected chi connectivity index (χ3v) is 5.78. The van der Waals surface area contributed by atoms with E-state index in [1.165, 1.54) is 6.07 Å². The van der Waals surface area contributed by atoms with Gasteiger partial charge in [-0.15, -0.1) is 0 Å². The number of rotatable bonds is 9. The number of halogens is 2. The predicted octanol–water partition coefficient (Wildman–Crippen LogP) is 4.29. The number of carbonyl (C=O) groups is 1. The molecule has 7 heteroatoms. The van der Waals surface area contributed by atoms with Gasteiger partial charge in [-0.2, -0.15) is 0 Å². The van der Waals surface area contributed by atoms with Gasteiger partial charge in [-0.25, -0.2) is 8.78 Å². The quantitative estimate of drug-likeness (QED) is 0.642. The smallest absolute Gasteiger partial charge is 0.220 e. The van der Waals surface area contributed by atoms with Gasteiger partial charge in [0, 0.05) is 43.2 Å². The van der Waals surface area contributed by atoms with E-state index < -0.39 is 11.6 Å². The molecule has 168 valence electrons. The van der Waals surface area contributed by atoms with Crippen LogP contribution in [0.25, 0.3) is 0 Å². The standard InChI is InChI=1S/C24H30F2N2O3/c1-30-20-10-9-18(22(13-20)31-2)14-27-23(29)11-8-17-5-4-12-28(15-17)16-19-6-3-7-21(25)24(19)26/h3,6-7,9-10,13,17H,4-5,8,11-12,14-16H2,1-2H3,(H,27,29)/t17-/m0/s1.